The topological polar surface area (TPSA) is 81.1 Å². The molecule has 0 saturated heterocycles. The van der Waals surface area contributed by atoms with E-state index in [1.54, 1.807) is 0 Å². The average molecular weight is 129 g/mol. The summed E-state index contributed by atoms with van der Waals surface area (Å²) >= 11 is 0. The van der Waals surface area contributed by atoms with Gasteiger partial charge in [0.15, 0.2) is 0 Å². The first-order chi connectivity index (χ1) is 4.20. The molecule has 9 heavy (non-hydrogen) atoms. The molecule has 0 bridgehead atoms. The van der Waals surface area contributed by atoms with Crippen molar-refractivity contribution in [3.8, 4) is 0 Å². The lowest BCUT2D eigenvalue weighted by Gasteiger charge is -1.93. The molecule has 0 unspecified atom stereocenters. The van der Waals surface area contributed by atoms with Crippen LogP contribution >= 0.6 is 0 Å². The van der Waals surface area contributed by atoms with Gasteiger partial charge >= 0.3 is 0 Å². The molecule has 0 aromatic rings. The van der Waals surface area contributed by atoms with Crippen LogP contribution in [0, 0.1) is 0 Å². The fraction of sp³-hybridized carbons (Fsp3) is 0.400. The van der Waals surface area contributed by atoms with Gasteiger partial charge in [0.2, 0.25) is 5.91 Å². The third kappa shape index (κ3) is 3.54. The quantitative estimate of drug-likeness (QED) is 0.398. The van der Waals surface area contributed by atoms with E-state index in [4.69, 9.17) is 11.5 Å². The molecule has 0 aliphatic carbocycles. The summed E-state index contributed by atoms with van der Waals surface area (Å²) in [5, 5.41) is 2.38. The fourth-order valence-corrected chi connectivity index (χ4v) is 0.299. The Bertz CT molecular complexity index is 130. The maximum Gasteiger partial charge on any atom is 0.245 e. The Morgan fingerprint density at radius 2 is 2.33 bits per heavy atom. The molecule has 52 valence electrons. The fourth-order valence-electron chi connectivity index (χ4n) is 0.299. The minimum Gasteiger partial charge on any atom is -0.401 e. The Kier molecular flexibility index (Phi) is 3.46. The van der Waals surface area contributed by atoms with E-state index in [0.717, 1.165) is 0 Å². The average Bonchev–Trinajstić information content (AvgIpc) is 1.87. The Morgan fingerprint density at radius 1 is 1.78 bits per heavy atom. The molecule has 0 aliphatic heterocycles. The van der Waals surface area contributed by atoms with Crippen LogP contribution in [0.1, 0.15) is 0 Å². The molecule has 0 heterocycles. The van der Waals surface area contributed by atoms with E-state index in [9.17, 15) is 4.79 Å². The summed E-state index contributed by atoms with van der Waals surface area (Å²) in [5.41, 5.74) is 10.7. The van der Waals surface area contributed by atoms with E-state index in [1.165, 1.54) is 13.1 Å². The molecule has 0 radical (unpaired) electrons. The number of carbonyl (C=O) groups excluding carboxylic acids is 1. The molecular weight excluding hydrogens is 118 g/mol. The highest BCUT2D eigenvalue weighted by atomic mass is 16.1. The van der Waals surface area contributed by atoms with Crippen LogP contribution in [0.3, 0.4) is 0 Å². The molecule has 0 fully saturated rings. The number of carbonyl (C=O) groups is 1. The van der Waals surface area contributed by atoms with Gasteiger partial charge in [0.1, 0.15) is 0 Å². The van der Waals surface area contributed by atoms with E-state index >= 15 is 0 Å². The highest BCUT2D eigenvalue weighted by Gasteiger charge is 1.90. The van der Waals surface area contributed by atoms with Gasteiger partial charge in [0.05, 0.1) is 0 Å². The molecule has 4 nitrogen and oxygen atoms in total. The van der Waals surface area contributed by atoms with Gasteiger partial charge in [-0.2, -0.15) is 0 Å². The molecule has 1 amide bonds. The zero-order valence-corrected chi connectivity index (χ0v) is 5.35. The summed E-state index contributed by atoms with van der Waals surface area (Å²) in [6.07, 6.45) is 1.26. The monoisotopic (exact) mass is 129 g/mol. The highest BCUT2D eigenvalue weighted by Crippen LogP contribution is 1.76. The van der Waals surface area contributed by atoms with Crippen LogP contribution in [-0.2, 0) is 4.79 Å². The molecule has 0 rings (SSSR count). The molecule has 0 atom stereocenters. The highest BCUT2D eigenvalue weighted by molar-refractivity contribution is 5.87. The molecule has 0 saturated carbocycles. The lowest BCUT2D eigenvalue weighted by Crippen LogP contribution is -2.19. The van der Waals surface area contributed by atoms with Gasteiger partial charge < -0.3 is 16.8 Å². The van der Waals surface area contributed by atoms with Crippen LogP contribution in [0.15, 0.2) is 11.8 Å². The molecule has 0 spiro atoms. The van der Waals surface area contributed by atoms with Gasteiger partial charge in [0, 0.05) is 25.4 Å². The molecule has 0 aromatic carbocycles. The SMILES string of the molecule is CNC(=O)C=C(N)CN. The van der Waals surface area contributed by atoms with Crippen molar-refractivity contribution in [2.75, 3.05) is 13.6 Å². The first-order valence-electron chi connectivity index (χ1n) is 2.58. The zero-order valence-electron chi connectivity index (χ0n) is 5.35. The van der Waals surface area contributed by atoms with Crippen molar-refractivity contribution in [1.82, 2.24) is 5.32 Å². The van der Waals surface area contributed by atoms with E-state index in [0.29, 0.717) is 5.70 Å². The Balaban J connectivity index is 3.79. The molecule has 0 aliphatic rings. The zero-order chi connectivity index (χ0) is 7.28. The third-order valence-corrected chi connectivity index (χ3v) is 0.799. The van der Waals surface area contributed by atoms with Crippen molar-refractivity contribution in [3.05, 3.63) is 11.8 Å². The largest absolute Gasteiger partial charge is 0.401 e. The number of hydrogen-bond acceptors (Lipinski definition) is 3. The number of nitrogens with two attached hydrogens (primary N) is 2. The van der Waals surface area contributed by atoms with Gasteiger partial charge in [-0.05, 0) is 0 Å². The van der Waals surface area contributed by atoms with Crippen LogP contribution in [0.25, 0.3) is 0 Å². The summed E-state index contributed by atoms with van der Waals surface area (Å²) in [7, 11) is 1.53. The van der Waals surface area contributed by atoms with Crippen LogP contribution in [0.4, 0.5) is 0 Å². The van der Waals surface area contributed by atoms with E-state index in [1.807, 2.05) is 0 Å². The van der Waals surface area contributed by atoms with Crippen molar-refractivity contribution in [1.29, 1.82) is 0 Å². The smallest absolute Gasteiger partial charge is 0.245 e. The van der Waals surface area contributed by atoms with E-state index < -0.39 is 0 Å². The van der Waals surface area contributed by atoms with Crippen molar-refractivity contribution in [2.45, 2.75) is 0 Å². The number of nitrogens with one attached hydrogen (secondary N) is 1. The number of hydrogen-bond donors (Lipinski definition) is 3. The van der Waals surface area contributed by atoms with Gasteiger partial charge in [-0.1, -0.05) is 0 Å². The molecule has 5 N–H and O–H groups in total. The third-order valence-electron chi connectivity index (χ3n) is 0.799. The summed E-state index contributed by atoms with van der Waals surface area (Å²) in [6, 6.07) is 0. The van der Waals surface area contributed by atoms with Gasteiger partial charge in [-0.3, -0.25) is 4.79 Å². The minimum atomic E-state index is -0.224. The van der Waals surface area contributed by atoms with Crippen molar-refractivity contribution in [2.24, 2.45) is 11.5 Å². The number of rotatable bonds is 2. The molecule has 0 aromatic heterocycles. The van der Waals surface area contributed by atoms with Crippen molar-refractivity contribution in [3.63, 3.8) is 0 Å². The van der Waals surface area contributed by atoms with Crippen molar-refractivity contribution >= 4 is 5.91 Å². The minimum absolute atomic E-state index is 0.216. The van der Waals surface area contributed by atoms with Crippen LogP contribution in [0.2, 0.25) is 0 Å². The normalized spacial score (nSPS) is 11.1. The summed E-state index contributed by atoms with van der Waals surface area (Å²) in [5.74, 6) is -0.224. The second-order valence-corrected chi connectivity index (χ2v) is 1.54. The lowest BCUT2D eigenvalue weighted by molar-refractivity contribution is -0.116. The van der Waals surface area contributed by atoms with Crippen LogP contribution < -0.4 is 16.8 Å². The standard InChI is InChI=1S/C5H11N3O/c1-8-5(9)2-4(7)3-6/h2H,3,6-7H2,1H3,(H,8,9). The van der Waals surface area contributed by atoms with Crippen LogP contribution in [0.5, 0.6) is 0 Å². The predicted octanol–water partition coefficient (Wildman–Crippen LogP) is -1.47. The molecule has 4 heteroatoms. The second kappa shape index (κ2) is 3.91. The number of amides is 1. The lowest BCUT2D eigenvalue weighted by atomic mass is 10.4. The van der Waals surface area contributed by atoms with Gasteiger partial charge in [-0.15, -0.1) is 0 Å². The Hall–Kier alpha value is -1.03. The summed E-state index contributed by atoms with van der Waals surface area (Å²) in [4.78, 5) is 10.5. The summed E-state index contributed by atoms with van der Waals surface area (Å²) < 4.78 is 0. The van der Waals surface area contributed by atoms with Crippen molar-refractivity contribution < 1.29 is 4.79 Å². The van der Waals surface area contributed by atoms with Crippen LogP contribution in [-0.4, -0.2) is 19.5 Å². The first-order valence-corrected chi connectivity index (χ1v) is 2.58. The second-order valence-electron chi connectivity index (χ2n) is 1.54. The Labute approximate surface area is 53.9 Å². The van der Waals surface area contributed by atoms with Gasteiger partial charge in [-0.25, -0.2) is 0 Å². The Morgan fingerprint density at radius 3 is 2.67 bits per heavy atom. The van der Waals surface area contributed by atoms with Gasteiger partial charge in [0.25, 0.3) is 0 Å². The van der Waals surface area contributed by atoms with E-state index in [2.05, 4.69) is 5.32 Å². The summed E-state index contributed by atoms with van der Waals surface area (Å²) in [6.45, 7) is 0.216. The first kappa shape index (κ1) is 7.97. The number of likely N-dealkylation sites (N-methyl/N-ethyl adjacent to an activating group) is 1. The maximum absolute atomic E-state index is 10.5. The molecular formula is C5H11N3O. The maximum atomic E-state index is 10.5. The van der Waals surface area contributed by atoms with E-state index in [-0.39, 0.29) is 12.5 Å². The predicted molar refractivity (Wildman–Crippen MR) is 35.4 cm³/mol.